The molecule has 0 spiro atoms. The molecule has 0 atom stereocenters. The molecule has 0 aliphatic rings. The molecule has 7 aromatic rings. The second-order valence-electron chi connectivity index (χ2n) is 10.6. The quantitative estimate of drug-likeness (QED) is 0.101. The van der Waals surface area contributed by atoms with Gasteiger partial charge in [-0.2, -0.15) is 27.1 Å². The highest BCUT2D eigenvalue weighted by atomic mass is 32.2. The number of nitrogens with zero attached hydrogens (tertiary/aromatic N) is 6. The number of aromatic nitrogens is 2. The van der Waals surface area contributed by atoms with Crippen LogP contribution in [-0.2, 0) is 20.2 Å². The Morgan fingerprint density at radius 1 is 0.420 bits per heavy atom. The molecular formula is C36H24N6O6S2. The van der Waals surface area contributed by atoms with Crippen LogP contribution >= 0.6 is 0 Å². The summed E-state index contributed by atoms with van der Waals surface area (Å²) in [5.74, 6) is 0.141. The normalized spacial score (nSPS) is 12.2. The van der Waals surface area contributed by atoms with Crippen molar-refractivity contribution in [2.75, 3.05) is 0 Å². The monoisotopic (exact) mass is 700 g/mol. The lowest BCUT2D eigenvalue weighted by Crippen LogP contribution is -2.10. The van der Waals surface area contributed by atoms with Gasteiger partial charge >= 0.3 is 20.2 Å². The van der Waals surface area contributed by atoms with Crippen LogP contribution in [0.2, 0.25) is 0 Å². The third kappa shape index (κ3) is 6.92. The van der Waals surface area contributed by atoms with Crippen LogP contribution in [0.15, 0.2) is 176 Å². The van der Waals surface area contributed by atoms with E-state index in [1.165, 1.54) is 48.8 Å². The standard InChI is InChI=1S/C36H24N6O6S2/c43-49(44,27-9-3-1-4-10-27)47-33-21-19-31(29-13-7-23-37-35(29)33)41-39-25-15-17-26(18-16-25)40-42-32-20-22-34(36-30(32)14-8-24-38-36)48-50(45,46)28-11-5-2-6-12-28/h1-24H. The summed E-state index contributed by atoms with van der Waals surface area (Å²) in [5, 5.41) is 18.5. The molecular weight excluding hydrogens is 677 g/mol. The van der Waals surface area contributed by atoms with Gasteiger partial charge in [-0.3, -0.25) is 9.97 Å². The average molecular weight is 701 g/mol. The van der Waals surface area contributed by atoms with Gasteiger partial charge in [-0.05, 0) is 97.1 Å². The molecule has 0 aliphatic heterocycles. The lowest BCUT2D eigenvalue weighted by molar-refractivity contribution is 0.486. The van der Waals surface area contributed by atoms with E-state index in [1.807, 2.05) is 0 Å². The zero-order valence-electron chi connectivity index (χ0n) is 25.8. The smallest absolute Gasteiger partial charge is 0.339 e. The van der Waals surface area contributed by atoms with E-state index in [9.17, 15) is 16.8 Å². The van der Waals surface area contributed by atoms with Crippen molar-refractivity contribution in [3.05, 3.63) is 146 Å². The van der Waals surface area contributed by atoms with Gasteiger partial charge in [0.25, 0.3) is 0 Å². The summed E-state index contributed by atoms with van der Waals surface area (Å²) in [4.78, 5) is 8.72. The zero-order chi connectivity index (χ0) is 34.6. The highest BCUT2D eigenvalue weighted by Crippen LogP contribution is 2.36. The van der Waals surface area contributed by atoms with Gasteiger partial charge in [0, 0.05) is 23.2 Å². The predicted molar refractivity (Wildman–Crippen MR) is 187 cm³/mol. The fraction of sp³-hybridized carbons (Fsp3) is 0. The number of fused-ring (bicyclic) bond motifs is 2. The second-order valence-corrected chi connectivity index (χ2v) is 13.7. The van der Waals surface area contributed by atoms with E-state index in [0.717, 1.165) is 0 Å². The van der Waals surface area contributed by atoms with Crippen molar-refractivity contribution in [2.24, 2.45) is 20.5 Å². The molecule has 0 bridgehead atoms. The van der Waals surface area contributed by atoms with E-state index < -0.39 is 20.2 Å². The van der Waals surface area contributed by atoms with Crippen molar-refractivity contribution in [2.45, 2.75) is 9.79 Å². The summed E-state index contributed by atoms with van der Waals surface area (Å²) >= 11 is 0. The summed E-state index contributed by atoms with van der Waals surface area (Å²) in [6, 6.07) is 35.7. The Morgan fingerprint density at radius 2 is 0.820 bits per heavy atom. The van der Waals surface area contributed by atoms with Crippen LogP contribution in [0.5, 0.6) is 11.5 Å². The maximum Gasteiger partial charge on any atom is 0.339 e. The summed E-state index contributed by atoms with van der Waals surface area (Å²) in [7, 11) is -8.14. The number of pyridine rings is 2. The first-order valence-corrected chi connectivity index (χ1v) is 17.8. The maximum absolute atomic E-state index is 12.8. The molecule has 14 heteroatoms. The Kier molecular flexibility index (Phi) is 8.77. The molecule has 246 valence electrons. The third-order valence-electron chi connectivity index (χ3n) is 7.28. The number of hydrogen-bond acceptors (Lipinski definition) is 12. The molecule has 0 unspecified atom stereocenters. The van der Waals surface area contributed by atoms with Gasteiger partial charge in [0.1, 0.15) is 20.8 Å². The Labute approximate surface area is 286 Å². The van der Waals surface area contributed by atoms with Crippen LogP contribution in [0.4, 0.5) is 22.7 Å². The Morgan fingerprint density at radius 3 is 1.22 bits per heavy atom. The number of hydrogen-bond donors (Lipinski definition) is 0. The van der Waals surface area contributed by atoms with Crippen LogP contribution < -0.4 is 8.37 Å². The van der Waals surface area contributed by atoms with Crippen molar-refractivity contribution in [3.8, 4) is 11.5 Å². The average Bonchev–Trinajstić information content (AvgIpc) is 3.15. The first-order chi connectivity index (χ1) is 24.3. The number of azo groups is 2. The first kappa shape index (κ1) is 32.2. The minimum atomic E-state index is -4.07. The molecule has 0 fully saturated rings. The lowest BCUT2D eigenvalue weighted by Gasteiger charge is -2.10. The molecule has 0 saturated carbocycles. The zero-order valence-corrected chi connectivity index (χ0v) is 27.4. The van der Waals surface area contributed by atoms with Gasteiger partial charge in [0.2, 0.25) is 0 Å². The summed E-state index contributed by atoms with van der Waals surface area (Å²) in [6.45, 7) is 0. The second kappa shape index (κ2) is 13.6. The SMILES string of the molecule is O=S(=O)(Oc1ccc(N=Nc2ccc(N=Nc3ccc(OS(=O)(=O)c4ccccc4)c4ncccc34)cc2)c2cccnc12)c1ccccc1. The highest BCUT2D eigenvalue weighted by molar-refractivity contribution is 7.87. The van der Waals surface area contributed by atoms with E-state index in [0.29, 0.717) is 44.6 Å². The lowest BCUT2D eigenvalue weighted by atomic mass is 10.2. The summed E-state index contributed by atoms with van der Waals surface area (Å²) < 4.78 is 62.2. The van der Waals surface area contributed by atoms with Crippen LogP contribution in [0.3, 0.4) is 0 Å². The van der Waals surface area contributed by atoms with Crippen LogP contribution in [0, 0.1) is 0 Å². The van der Waals surface area contributed by atoms with Gasteiger partial charge in [-0.25, -0.2) is 0 Å². The Bertz CT molecular complexity index is 2440. The van der Waals surface area contributed by atoms with Gasteiger partial charge in [-0.1, -0.05) is 36.4 Å². The molecule has 0 radical (unpaired) electrons. The molecule has 50 heavy (non-hydrogen) atoms. The van der Waals surface area contributed by atoms with Crippen LogP contribution in [-0.4, -0.2) is 26.8 Å². The molecule has 5 aromatic carbocycles. The number of rotatable bonds is 10. The molecule has 12 nitrogen and oxygen atoms in total. The van der Waals surface area contributed by atoms with Crippen molar-refractivity contribution < 1.29 is 25.2 Å². The molecule has 0 amide bonds. The molecule has 2 heterocycles. The molecule has 2 aromatic heterocycles. The van der Waals surface area contributed by atoms with Gasteiger partial charge in [0.15, 0.2) is 11.5 Å². The minimum Gasteiger partial charge on any atom is -0.377 e. The number of benzene rings is 5. The van der Waals surface area contributed by atoms with E-state index in [4.69, 9.17) is 8.37 Å². The van der Waals surface area contributed by atoms with Crippen molar-refractivity contribution in [1.29, 1.82) is 0 Å². The fourth-order valence-corrected chi connectivity index (χ4v) is 6.80. The fourth-order valence-electron chi connectivity index (χ4n) is 4.89. The van der Waals surface area contributed by atoms with Crippen molar-refractivity contribution in [1.82, 2.24) is 9.97 Å². The maximum atomic E-state index is 12.8. The van der Waals surface area contributed by atoms with Gasteiger partial charge in [0.05, 0.1) is 22.7 Å². The minimum absolute atomic E-state index is 0.0286. The van der Waals surface area contributed by atoms with Gasteiger partial charge < -0.3 is 8.37 Å². The summed E-state index contributed by atoms with van der Waals surface area (Å²) in [6.07, 6.45) is 3.08. The highest BCUT2D eigenvalue weighted by Gasteiger charge is 2.20. The predicted octanol–water partition coefficient (Wildman–Crippen LogP) is 9.15. The van der Waals surface area contributed by atoms with E-state index in [2.05, 4.69) is 30.4 Å². The largest absolute Gasteiger partial charge is 0.377 e. The molecule has 7 rings (SSSR count). The van der Waals surface area contributed by atoms with Gasteiger partial charge in [-0.15, -0.1) is 10.2 Å². The van der Waals surface area contributed by atoms with Crippen molar-refractivity contribution >= 4 is 64.8 Å². The van der Waals surface area contributed by atoms with E-state index in [-0.39, 0.29) is 21.3 Å². The summed E-state index contributed by atoms with van der Waals surface area (Å²) in [5.41, 5.74) is 2.63. The van der Waals surface area contributed by atoms with Crippen molar-refractivity contribution in [3.63, 3.8) is 0 Å². The van der Waals surface area contributed by atoms with E-state index in [1.54, 1.807) is 97.1 Å². The Balaban J connectivity index is 1.09. The Hall–Kier alpha value is -6.38. The molecule has 0 N–H and O–H groups in total. The molecule has 0 saturated heterocycles. The van der Waals surface area contributed by atoms with Crippen LogP contribution in [0.1, 0.15) is 0 Å². The van der Waals surface area contributed by atoms with E-state index >= 15 is 0 Å². The third-order valence-corrected chi connectivity index (χ3v) is 9.78. The van der Waals surface area contributed by atoms with Crippen LogP contribution in [0.25, 0.3) is 21.8 Å². The topological polar surface area (TPSA) is 162 Å². The first-order valence-electron chi connectivity index (χ1n) is 14.9. The molecule has 0 aliphatic carbocycles.